The van der Waals surface area contributed by atoms with Crippen LogP contribution in [0.1, 0.15) is 19.4 Å². The van der Waals surface area contributed by atoms with Gasteiger partial charge in [-0.3, -0.25) is 4.79 Å². The third-order valence-electron chi connectivity index (χ3n) is 3.06. The summed E-state index contributed by atoms with van der Waals surface area (Å²) < 4.78 is 6.67. The molecule has 2 aromatic rings. The Morgan fingerprint density at radius 3 is 2.67 bits per heavy atom. The summed E-state index contributed by atoms with van der Waals surface area (Å²) in [5.41, 5.74) is 1.75. The number of hydrogen-bond acceptors (Lipinski definition) is 4. The second kappa shape index (κ2) is 6.30. The second-order valence-corrected chi connectivity index (χ2v) is 4.68. The molecule has 0 saturated carbocycles. The lowest BCUT2D eigenvalue weighted by Crippen LogP contribution is -2.22. The van der Waals surface area contributed by atoms with Gasteiger partial charge in [-0.1, -0.05) is 0 Å². The highest BCUT2D eigenvalue weighted by Crippen LogP contribution is 2.25. The number of aromatic nitrogens is 1. The van der Waals surface area contributed by atoms with Crippen LogP contribution in [0.5, 0.6) is 5.75 Å². The number of rotatable bonds is 5. The van der Waals surface area contributed by atoms with E-state index < -0.39 is 5.97 Å². The first-order chi connectivity index (χ1) is 10.0. The molecule has 0 spiro atoms. The van der Waals surface area contributed by atoms with E-state index in [-0.39, 0.29) is 5.91 Å². The zero-order chi connectivity index (χ0) is 15.4. The molecule has 0 aliphatic rings. The number of methoxy groups -OCH3 is 1. The van der Waals surface area contributed by atoms with E-state index in [1.807, 2.05) is 12.1 Å². The molecule has 6 nitrogen and oxygen atoms in total. The van der Waals surface area contributed by atoms with E-state index in [0.717, 1.165) is 22.2 Å². The van der Waals surface area contributed by atoms with Gasteiger partial charge in [0.2, 0.25) is 5.91 Å². The van der Waals surface area contributed by atoms with Crippen molar-refractivity contribution >= 4 is 22.8 Å². The predicted octanol–water partition coefficient (Wildman–Crippen LogP) is 1.30. The minimum Gasteiger partial charge on any atom is -0.497 e. The zero-order valence-corrected chi connectivity index (χ0v) is 12.3. The Balaban J connectivity index is 2.36. The normalized spacial score (nSPS) is 10.4. The average molecular weight is 290 g/mol. The molecule has 0 aliphatic heterocycles. The Morgan fingerprint density at radius 2 is 2.05 bits per heavy atom. The Bertz CT molecular complexity index is 676. The van der Waals surface area contributed by atoms with Crippen molar-refractivity contribution in [2.75, 3.05) is 13.7 Å². The SMILES string of the molecule is COc1ccc2c(c1)c(CCNC(C)=O)cn2OC(C)=O. The molecule has 0 aliphatic carbocycles. The van der Waals surface area contributed by atoms with E-state index in [4.69, 9.17) is 9.57 Å². The van der Waals surface area contributed by atoms with E-state index in [1.165, 1.54) is 18.6 Å². The van der Waals surface area contributed by atoms with E-state index >= 15 is 0 Å². The van der Waals surface area contributed by atoms with E-state index in [0.29, 0.717) is 13.0 Å². The predicted molar refractivity (Wildman–Crippen MR) is 78.1 cm³/mol. The largest absolute Gasteiger partial charge is 0.497 e. The van der Waals surface area contributed by atoms with Crippen LogP contribution in [-0.2, 0) is 16.0 Å². The Hall–Kier alpha value is -2.50. The molecule has 0 fully saturated rings. The summed E-state index contributed by atoms with van der Waals surface area (Å²) in [6.45, 7) is 3.35. The third-order valence-corrected chi connectivity index (χ3v) is 3.06. The van der Waals surface area contributed by atoms with Gasteiger partial charge in [-0.05, 0) is 30.2 Å². The highest BCUT2D eigenvalue weighted by molar-refractivity contribution is 5.86. The van der Waals surface area contributed by atoms with Crippen LogP contribution in [0, 0.1) is 0 Å². The molecular formula is C15H18N2O4. The number of carbonyl (C=O) groups is 2. The number of carbonyl (C=O) groups excluding carboxylic acids is 2. The minimum absolute atomic E-state index is 0.0729. The number of hydrogen-bond donors (Lipinski definition) is 1. The van der Waals surface area contributed by atoms with Gasteiger partial charge in [0.15, 0.2) is 0 Å². The summed E-state index contributed by atoms with van der Waals surface area (Å²) in [6.07, 6.45) is 2.39. The second-order valence-electron chi connectivity index (χ2n) is 4.68. The Labute approximate surface area is 122 Å². The fraction of sp³-hybridized carbons (Fsp3) is 0.333. The maximum Gasteiger partial charge on any atom is 0.329 e. The van der Waals surface area contributed by atoms with Crippen molar-refractivity contribution in [2.24, 2.45) is 0 Å². The smallest absolute Gasteiger partial charge is 0.329 e. The maximum absolute atomic E-state index is 11.2. The van der Waals surface area contributed by atoms with Crippen LogP contribution in [-0.4, -0.2) is 30.3 Å². The topological polar surface area (TPSA) is 69.6 Å². The van der Waals surface area contributed by atoms with Crippen LogP contribution in [0.4, 0.5) is 0 Å². The molecule has 6 heteroatoms. The number of benzene rings is 1. The van der Waals surface area contributed by atoms with Crippen molar-refractivity contribution in [3.8, 4) is 5.75 Å². The minimum atomic E-state index is -0.392. The molecular weight excluding hydrogens is 272 g/mol. The molecule has 1 aromatic heterocycles. The van der Waals surface area contributed by atoms with Gasteiger partial charge in [0, 0.05) is 32.0 Å². The molecule has 21 heavy (non-hydrogen) atoms. The number of nitrogens with zero attached hydrogens (tertiary/aromatic N) is 1. The average Bonchev–Trinajstić information content (AvgIpc) is 2.75. The monoisotopic (exact) mass is 290 g/mol. The molecule has 0 bridgehead atoms. The molecule has 112 valence electrons. The van der Waals surface area contributed by atoms with E-state index in [1.54, 1.807) is 19.4 Å². The third kappa shape index (κ3) is 3.53. The molecule has 1 amide bonds. The first-order valence-corrected chi connectivity index (χ1v) is 6.62. The van der Waals surface area contributed by atoms with Crippen LogP contribution >= 0.6 is 0 Å². The van der Waals surface area contributed by atoms with Gasteiger partial charge in [-0.25, -0.2) is 4.79 Å². The van der Waals surface area contributed by atoms with Crippen molar-refractivity contribution < 1.29 is 19.2 Å². The summed E-state index contributed by atoms with van der Waals surface area (Å²) >= 11 is 0. The first-order valence-electron chi connectivity index (χ1n) is 6.62. The number of ether oxygens (including phenoxy) is 1. The standard InChI is InChI=1S/C15H18N2O4/c1-10(18)16-7-6-12-9-17(21-11(2)19)15-5-4-13(20-3)8-14(12)15/h4-5,8-9H,6-7H2,1-3H3,(H,16,18). The van der Waals surface area contributed by atoms with Crippen molar-refractivity contribution in [2.45, 2.75) is 20.3 Å². The van der Waals surface area contributed by atoms with Gasteiger partial charge in [0.1, 0.15) is 5.75 Å². The fourth-order valence-corrected chi connectivity index (χ4v) is 2.16. The summed E-state index contributed by atoms with van der Waals surface area (Å²) in [7, 11) is 1.60. The number of fused-ring (bicyclic) bond motifs is 1. The lowest BCUT2D eigenvalue weighted by atomic mass is 10.1. The number of amides is 1. The van der Waals surface area contributed by atoms with Crippen LogP contribution in [0.3, 0.4) is 0 Å². The van der Waals surface area contributed by atoms with Crippen molar-refractivity contribution in [1.29, 1.82) is 0 Å². The lowest BCUT2D eigenvalue weighted by Gasteiger charge is -2.04. The molecule has 2 rings (SSSR count). The van der Waals surface area contributed by atoms with Crippen LogP contribution in [0.2, 0.25) is 0 Å². The molecule has 0 radical (unpaired) electrons. The fourth-order valence-electron chi connectivity index (χ4n) is 2.16. The summed E-state index contributed by atoms with van der Waals surface area (Å²) in [6, 6.07) is 5.53. The van der Waals surface area contributed by atoms with Gasteiger partial charge in [-0.2, -0.15) is 4.73 Å². The zero-order valence-electron chi connectivity index (χ0n) is 12.3. The van der Waals surface area contributed by atoms with E-state index in [9.17, 15) is 9.59 Å². The van der Waals surface area contributed by atoms with Crippen molar-refractivity contribution in [3.63, 3.8) is 0 Å². The van der Waals surface area contributed by atoms with Gasteiger partial charge in [0.25, 0.3) is 0 Å². The van der Waals surface area contributed by atoms with Gasteiger partial charge >= 0.3 is 5.97 Å². The van der Waals surface area contributed by atoms with Crippen molar-refractivity contribution in [3.05, 3.63) is 30.0 Å². The Kier molecular flexibility index (Phi) is 4.47. The molecule has 1 aromatic carbocycles. The summed E-state index contributed by atoms with van der Waals surface area (Å²) in [5, 5.41) is 3.68. The summed E-state index contributed by atoms with van der Waals surface area (Å²) in [5.74, 6) is 0.260. The maximum atomic E-state index is 11.2. The highest BCUT2D eigenvalue weighted by atomic mass is 16.7. The van der Waals surface area contributed by atoms with Gasteiger partial charge < -0.3 is 14.9 Å². The molecule has 0 atom stereocenters. The first kappa shape index (κ1) is 14.9. The number of nitrogens with one attached hydrogen (secondary N) is 1. The highest BCUT2D eigenvalue weighted by Gasteiger charge is 2.12. The molecule has 0 unspecified atom stereocenters. The molecule has 1 heterocycles. The Morgan fingerprint density at radius 1 is 1.29 bits per heavy atom. The van der Waals surface area contributed by atoms with Crippen molar-refractivity contribution in [1.82, 2.24) is 10.0 Å². The quantitative estimate of drug-likeness (QED) is 0.901. The summed E-state index contributed by atoms with van der Waals surface area (Å²) in [4.78, 5) is 27.3. The van der Waals surface area contributed by atoms with Gasteiger partial charge in [0.05, 0.1) is 12.6 Å². The van der Waals surface area contributed by atoms with E-state index in [2.05, 4.69) is 5.32 Å². The molecule has 0 saturated heterocycles. The lowest BCUT2D eigenvalue weighted by molar-refractivity contribution is -0.140. The van der Waals surface area contributed by atoms with Crippen LogP contribution in [0.25, 0.3) is 10.9 Å². The van der Waals surface area contributed by atoms with Crippen LogP contribution in [0.15, 0.2) is 24.4 Å². The van der Waals surface area contributed by atoms with Gasteiger partial charge in [-0.15, -0.1) is 0 Å². The van der Waals surface area contributed by atoms with Crippen LogP contribution < -0.4 is 14.9 Å². The molecule has 1 N–H and O–H groups in total.